The van der Waals surface area contributed by atoms with Crippen molar-refractivity contribution in [2.45, 2.75) is 25.7 Å². The molecule has 1 fully saturated rings. The second-order valence-corrected chi connectivity index (χ2v) is 7.72. The average molecular weight is 475 g/mol. The number of nitrogens with one attached hydrogen (secondary N) is 1. The summed E-state index contributed by atoms with van der Waals surface area (Å²) in [6.07, 6.45) is 3.02. The van der Waals surface area contributed by atoms with E-state index in [9.17, 15) is 24.1 Å². The van der Waals surface area contributed by atoms with Crippen LogP contribution in [0.5, 0.6) is 6.01 Å². The Hall–Kier alpha value is -4.00. The lowest BCUT2D eigenvalue weighted by molar-refractivity contribution is -0.389. The Morgan fingerprint density at radius 3 is 3.00 bits per heavy atom. The van der Waals surface area contributed by atoms with Crippen LogP contribution in [-0.2, 0) is 20.8 Å². The van der Waals surface area contributed by atoms with E-state index in [1.54, 1.807) is 18.2 Å². The van der Waals surface area contributed by atoms with Crippen LogP contribution in [0.1, 0.15) is 12.5 Å². The summed E-state index contributed by atoms with van der Waals surface area (Å²) < 4.78 is 32.4. The van der Waals surface area contributed by atoms with Crippen LogP contribution in [0.3, 0.4) is 0 Å². The lowest BCUT2D eigenvalue weighted by Gasteiger charge is -2.21. The van der Waals surface area contributed by atoms with E-state index in [2.05, 4.69) is 10.3 Å². The molecule has 1 aromatic heterocycles. The first-order valence-corrected chi connectivity index (χ1v) is 10.4. The van der Waals surface area contributed by atoms with Crippen molar-refractivity contribution in [3.63, 3.8) is 0 Å². The van der Waals surface area contributed by atoms with Gasteiger partial charge in [0.2, 0.25) is 5.91 Å². The van der Waals surface area contributed by atoms with Crippen LogP contribution in [0, 0.1) is 15.9 Å². The van der Waals surface area contributed by atoms with Gasteiger partial charge in [-0.2, -0.15) is 0 Å². The molecule has 34 heavy (non-hydrogen) atoms. The Labute approximate surface area is 193 Å². The average Bonchev–Trinajstić information content (AvgIpc) is 3.39. The molecular weight excluding hydrogens is 453 g/mol. The molecule has 180 valence electrons. The summed E-state index contributed by atoms with van der Waals surface area (Å²) in [5.41, 5.74) is 0.660. The fourth-order valence-corrected chi connectivity index (χ4v) is 3.54. The van der Waals surface area contributed by atoms with Gasteiger partial charge in [-0.3, -0.25) is 14.3 Å². The summed E-state index contributed by atoms with van der Waals surface area (Å²) in [6, 6.07) is 4.56. The van der Waals surface area contributed by atoms with Crippen molar-refractivity contribution in [2.75, 3.05) is 31.2 Å². The van der Waals surface area contributed by atoms with Gasteiger partial charge in [-0.1, -0.05) is 12.2 Å². The number of amides is 2. The second kappa shape index (κ2) is 9.87. The molecule has 0 spiro atoms. The summed E-state index contributed by atoms with van der Waals surface area (Å²) in [6.45, 7) is 2.47. The number of hydrogen-bond acceptors (Lipinski definition) is 8. The van der Waals surface area contributed by atoms with Gasteiger partial charge in [0, 0.05) is 17.5 Å². The van der Waals surface area contributed by atoms with E-state index >= 15 is 0 Å². The molecule has 0 unspecified atom stereocenters. The van der Waals surface area contributed by atoms with Crippen molar-refractivity contribution in [1.82, 2.24) is 14.9 Å². The van der Waals surface area contributed by atoms with Gasteiger partial charge in [-0.25, -0.2) is 9.18 Å². The number of carbonyl (C=O) groups is 2. The zero-order valence-electron chi connectivity index (χ0n) is 18.2. The highest BCUT2D eigenvalue weighted by molar-refractivity contribution is 5.90. The number of cyclic esters (lactones) is 1. The van der Waals surface area contributed by atoms with Crippen molar-refractivity contribution < 1.29 is 33.1 Å². The maximum atomic E-state index is 14.6. The maximum absolute atomic E-state index is 14.6. The van der Waals surface area contributed by atoms with Gasteiger partial charge < -0.3 is 29.6 Å². The van der Waals surface area contributed by atoms with Crippen LogP contribution in [0.15, 0.2) is 30.5 Å². The number of anilines is 1. The lowest BCUT2D eigenvalue weighted by atomic mass is 10.1. The molecule has 1 aromatic carbocycles. The van der Waals surface area contributed by atoms with Crippen molar-refractivity contribution in [3.05, 3.63) is 52.0 Å². The topological polar surface area (TPSA) is 138 Å². The molecule has 0 saturated carbocycles. The molecule has 4 rings (SSSR count). The Morgan fingerprint density at radius 2 is 2.26 bits per heavy atom. The zero-order valence-corrected chi connectivity index (χ0v) is 18.2. The van der Waals surface area contributed by atoms with E-state index in [0.29, 0.717) is 17.8 Å². The first-order chi connectivity index (χ1) is 16.3. The number of fused-ring (bicyclic) bond motifs is 1. The molecule has 2 aliphatic rings. The summed E-state index contributed by atoms with van der Waals surface area (Å²) in [7, 11) is 0. The molecule has 0 bridgehead atoms. The van der Waals surface area contributed by atoms with E-state index in [-0.39, 0.29) is 50.1 Å². The molecule has 3 heterocycles. The molecule has 2 atom stereocenters. The highest BCUT2D eigenvalue weighted by Crippen LogP contribution is 2.25. The van der Waals surface area contributed by atoms with Crippen molar-refractivity contribution >= 4 is 29.6 Å². The van der Waals surface area contributed by atoms with E-state index in [0.717, 1.165) is 0 Å². The van der Waals surface area contributed by atoms with Crippen LogP contribution < -0.4 is 15.0 Å². The number of nitro groups is 1. The largest absolute Gasteiger partial charge is 0.443 e. The molecule has 2 amide bonds. The number of halogens is 1. The third kappa shape index (κ3) is 5.31. The third-order valence-electron chi connectivity index (χ3n) is 5.19. The van der Waals surface area contributed by atoms with Gasteiger partial charge in [0.05, 0.1) is 31.9 Å². The number of imidazole rings is 1. The minimum atomic E-state index is -0.604. The number of aromatic nitrogens is 2. The molecule has 1 N–H and O–H groups in total. The Bertz CT molecular complexity index is 1130. The fraction of sp³-hybridized carbons (Fsp3) is 0.381. The molecule has 0 aliphatic carbocycles. The van der Waals surface area contributed by atoms with E-state index in [4.69, 9.17) is 14.2 Å². The Balaban J connectivity index is 1.29. The number of benzene rings is 1. The molecule has 12 nitrogen and oxygen atoms in total. The molecule has 2 aromatic rings. The van der Waals surface area contributed by atoms with E-state index < -0.39 is 22.9 Å². The highest BCUT2D eigenvalue weighted by atomic mass is 19.1. The minimum Gasteiger partial charge on any atom is -0.443 e. The van der Waals surface area contributed by atoms with Crippen LogP contribution in [0.2, 0.25) is 0 Å². The zero-order chi connectivity index (χ0) is 24.2. The first kappa shape index (κ1) is 23.2. The predicted octanol–water partition coefficient (Wildman–Crippen LogP) is 1.88. The molecule has 13 heteroatoms. The number of ether oxygens (including phenoxy) is 3. The van der Waals surface area contributed by atoms with E-state index in [1.807, 2.05) is 0 Å². The molecule has 1 saturated heterocycles. The van der Waals surface area contributed by atoms with Crippen LogP contribution in [0.25, 0.3) is 6.08 Å². The number of hydrogen-bond donors (Lipinski definition) is 1. The smallest absolute Gasteiger partial charge is 0.414 e. The molecular formula is C21H22FN5O7. The minimum absolute atomic E-state index is 0.171. The SMILES string of the molecule is CC(=O)NC[C@H]1CN(c2ccc(/C=C/CO[C@@H]3COc4nc([N+](=O)[O-])cn4C3)c(F)c2)C(=O)O1. The van der Waals surface area contributed by atoms with Gasteiger partial charge in [-0.15, -0.1) is 0 Å². The van der Waals surface area contributed by atoms with Crippen molar-refractivity contribution in [2.24, 2.45) is 0 Å². The number of rotatable bonds is 8. The van der Waals surface area contributed by atoms with E-state index in [1.165, 1.54) is 34.7 Å². The monoisotopic (exact) mass is 475 g/mol. The van der Waals surface area contributed by atoms with Crippen LogP contribution >= 0.6 is 0 Å². The van der Waals surface area contributed by atoms with Crippen molar-refractivity contribution in [3.8, 4) is 6.01 Å². The summed E-state index contributed by atoms with van der Waals surface area (Å²) in [5, 5.41) is 13.4. The predicted molar refractivity (Wildman–Crippen MR) is 116 cm³/mol. The normalized spacial score (nSPS) is 19.6. The van der Waals surface area contributed by atoms with Gasteiger partial charge in [0.1, 0.15) is 30.8 Å². The van der Waals surface area contributed by atoms with Crippen LogP contribution in [0.4, 0.5) is 20.7 Å². The fourth-order valence-electron chi connectivity index (χ4n) is 3.54. The third-order valence-corrected chi connectivity index (χ3v) is 5.19. The van der Waals surface area contributed by atoms with Gasteiger partial charge in [0.25, 0.3) is 0 Å². The number of carbonyl (C=O) groups excluding carboxylic acids is 2. The summed E-state index contributed by atoms with van der Waals surface area (Å²) in [5.74, 6) is -1.05. The second-order valence-electron chi connectivity index (χ2n) is 7.72. The molecule has 0 radical (unpaired) electrons. The van der Waals surface area contributed by atoms with Crippen molar-refractivity contribution in [1.29, 1.82) is 0 Å². The Kier molecular flexibility index (Phi) is 6.72. The highest BCUT2D eigenvalue weighted by Gasteiger charge is 2.32. The summed E-state index contributed by atoms with van der Waals surface area (Å²) in [4.78, 5) is 38.4. The lowest BCUT2D eigenvalue weighted by Crippen LogP contribution is -2.33. The standard InChI is InChI=1S/C21H22FN5O7/c1-13(28)23-8-16-10-26(21(29)34-16)15-5-4-14(18(22)7-15)3-2-6-32-17-9-25-11-19(27(30)31)24-20(25)33-12-17/h2-5,7,11,16-17H,6,8-10,12H2,1H3,(H,23,28)/b3-2+/t16-,17-/m0/s1. The maximum Gasteiger partial charge on any atom is 0.414 e. The number of nitrogens with zero attached hydrogens (tertiary/aromatic N) is 4. The van der Waals surface area contributed by atoms with Gasteiger partial charge in [0.15, 0.2) is 0 Å². The first-order valence-electron chi connectivity index (χ1n) is 10.4. The van der Waals surface area contributed by atoms with Gasteiger partial charge >= 0.3 is 17.9 Å². The van der Waals surface area contributed by atoms with Crippen LogP contribution in [-0.4, -0.2) is 65.0 Å². The van der Waals surface area contributed by atoms with Gasteiger partial charge in [-0.05, 0) is 23.1 Å². The summed E-state index contributed by atoms with van der Waals surface area (Å²) >= 11 is 0. The quantitative estimate of drug-likeness (QED) is 0.451. The molecule has 2 aliphatic heterocycles. The Morgan fingerprint density at radius 1 is 1.44 bits per heavy atom.